The standard InChI is InChI=1S/C13H20N4/c1-3-16(4-2)13(9-14)17-10-15-11-7-5-6-8-12(11)17/h5-8,10,13H,3-4,9,14H2,1-2H3. The SMILES string of the molecule is CCN(CC)C(CN)n1cnc2ccccc21. The predicted octanol–water partition coefficient (Wildman–Crippen LogP) is 1.84. The minimum Gasteiger partial charge on any atom is -0.327 e. The molecule has 2 aromatic rings. The number of fused-ring (bicyclic) bond motifs is 1. The van der Waals surface area contributed by atoms with E-state index < -0.39 is 0 Å². The molecule has 0 spiro atoms. The maximum atomic E-state index is 5.92. The first kappa shape index (κ1) is 12.1. The van der Waals surface area contributed by atoms with Crippen molar-refractivity contribution in [2.75, 3.05) is 19.6 Å². The molecule has 0 radical (unpaired) electrons. The zero-order chi connectivity index (χ0) is 12.3. The highest BCUT2D eigenvalue weighted by molar-refractivity contribution is 5.75. The minimum atomic E-state index is 0.192. The van der Waals surface area contributed by atoms with Gasteiger partial charge >= 0.3 is 0 Å². The number of hydrogen-bond donors (Lipinski definition) is 1. The topological polar surface area (TPSA) is 47.1 Å². The number of hydrogen-bond acceptors (Lipinski definition) is 3. The number of nitrogens with two attached hydrogens (primary N) is 1. The Balaban J connectivity index is 2.42. The van der Waals surface area contributed by atoms with Crippen molar-refractivity contribution in [2.45, 2.75) is 20.0 Å². The molecule has 0 aliphatic carbocycles. The van der Waals surface area contributed by atoms with Crippen LogP contribution in [0.2, 0.25) is 0 Å². The fourth-order valence-corrected chi connectivity index (χ4v) is 2.30. The quantitative estimate of drug-likeness (QED) is 0.855. The lowest BCUT2D eigenvalue weighted by atomic mass is 10.3. The molecule has 1 aromatic carbocycles. The van der Waals surface area contributed by atoms with E-state index in [0.717, 1.165) is 24.1 Å². The van der Waals surface area contributed by atoms with E-state index in [1.807, 2.05) is 24.5 Å². The largest absolute Gasteiger partial charge is 0.327 e. The van der Waals surface area contributed by atoms with Crippen LogP contribution in [0.4, 0.5) is 0 Å². The molecule has 4 heteroatoms. The van der Waals surface area contributed by atoms with E-state index >= 15 is 0 Å². The molecule has 0 amide bonds. The summed E-state index contributed by atoms with van der Waals surface area (Å²) in [5, 5.41) is 0. The second-order valence-electron chi connectivity index (χ2n) is 4.08. The number of para-hydroxylation sites is 2. The van der Waals surface area contributed by atoms with Crippen molar-refractivity contribution < 1.29 is 0 Å². The third kappa shape index (κ3) is 2.18. The lowest BCUT2D eigenvalue weighted by molar-refractivity contribution is 0.165. The zero-order valence-electron chi connectivity index (χ0n) is 10.5. The summed E-state index contributed by atoms with van der Waals surface area (Å²) in [4.78, 5) is 6.76. The van der Waals surface area contributed by atoms with Crippen molar-refractivity contribution in [3.05, 3.63) is 30.6 Å². The van der Waals surface area contributed by atoms with Gasteiger partial charge in [-0.2, -0.15) is 0 Å². The van der Waals surface area contributed by atoms with Crippen LogP contribution in [0.15, 0.2) is 30.6 Å². The van der Waals surface area contributed by atoms with Crippen LogP contribution in [-0.2, 0) is 0 Å². The summed E-state index contributed by atoms with van der Waals surface area (Å²) in [7, 11) is 0. The summed E-state index contributed by atoms with van der Waals surface area (Å²) in [6.07, 6.45) is 2.08. The first-order valence-corrected chi connectivity index (χ1v) is 6.17. The Hall–Kier alpha value is -1.39. The second kappa shape index (κ2) is 5.29. The average Bonchev–Trinajstić information content (AvgIpc) is 2.79. The molecule has 92 valence electrons. The molecule has 0 aliphatic heterocycles. The van der Waals surface area contributed by atoms with Crippen molar-refractivity contribution in [3.63, 3.8) is 0 Å². The van der Waals surface area contributed by atoms with Gasteiger partial charge in [0, 0.05) is 6.54 Å². The normalized spacial score (nSPS) is 13.4. The monoisotopic (exact) mass is 232 g/mol. The van der Waals surface area contributed by atoms with Crippen molar-refractivity contribution in [3.8, 4) is 0 Å². The van der Waals surface area contributed by atoms with Gasteiger partial charge in [0.15, 0.2) is 0 Å². The third-order valence-corrected chi connectivity index (χ3v) is 3.25. The van der Waals surface area contributed by atoms with E-state index in [9.17, 15) is 0 Å². The Morgan fingerprint density at radius 1 is 1.29 bits per heavy atom. The van der Waals surface area contributed by atoms with Gasteiger partial charge in [-0.3, -0.25) is 4.90 Å². The maximum absolute atomic E-state index is 5.92. The first-order valence-electron chi connectivity index (χ1n) is 6.17. The van der Waals surface area contributed by atoms with Crippen molar-refractivity contribution in [2.24, 2.45) is 5.73 Å². The molecule has 0 bridgehead atoms. The van der Waals surface area contributed by atoms with Crippen LogP contribution in [0, 0.1) is 0 Å². The molecule has 1 unspecified atom stereocenters. The fourth-order valence-electron chi connectivity index (χ4n) is 2.30. The molecule has 17 heavy (non-hydrogen) atoms. The molecular formula is C13H20N4. The molecule has 1 atom stereocenters. The van der Waals surface area contributed by atoms with Crippen LogP contribution in [-0.4, -0.2) is 34.1 Å². The Kier molecular flexibility index (Phi) is 3.76. The zero-order valence-corrected chi connectivity index (χ0v) is 10.5. The van der Waals surface area contributed by atoms with Crippen molar-refractivity contribution in [1.29, 1.82) is 0 Å². The molecule has 0 saturated carbocycles. The Labute approximate surface area is 102 Å². The van der Waals surface area contributed by atoms with Gasteiger partial charge in [0.1, 0.15) is 6.17 Å². The molecule has 1 heterocycles. The lowest BCUT2D eigenvalue weighted by Crippen LogP contribution is -2.37. The molecule has 2 N–H and O–H groups in total. The number of nitrogens with zero attached hydrogens (tertiary/aromatic N) is 3. The van der Waals surface area contributed by atoms with Crippen LogP contribution >= 0.6 is 0 Å². The number of aromatic nitrogens is 2. The van der Waals surface area contributed by atoms with E-state index in [-0.39, 0.29) is 6.17 Å². The summed E-state index contributed by atoms with van der Waals surface area (Å²) < 4.78 is 2.17. The maximum Gasteiger partial charge on any atom is 0.100 e. The first-order chi connectivity index (χ1) is 8.31. The summed E-state index contributed by atoms with van der Waals surface area (Å²) in [6.45, 7) is 6.90. The van der Waals surface area contributed by atoms with Crippen LogP contribution in [0.1, 0.15) is 20.0 Å². The van der Waals surface area contributed by atoms with Gasteiger partial charge in [-0.15, -0.1) is 0 Å². The summed E-state index contributed by atoms with van der Waals surface area (Å²) in [5.74, 6) is 0. The van der Waals surface area contributed by atoms with E-state index in [1.165, 1.54) is 0 Å². The number of benzene rings is 1. The van der Waals surface area contributed by atoms with E-state index in [4.69, 9.17) is 5.73 Å². The molecule has 4 nitrogen and oxygen atoms in total. The van der Waals surface area contributed by atoms with Gasteiger partial charge in [0.05, 0.1) is 17.4 Å². The molecule has 0 saturated heterocycles. The fraction of sp³-hybridized carbons (Fsp3) is 0.462. The third-order valence-electron chi connectivity index (χ3n) is 3.25. The molecule has 0 fully saturated rings. The van der Waals surface area contributed by atoms with Gasteiger partial charge < -0.3 is 10.3 Å². The van der Waals surface area contributed by atoms with Crippen molar-refractivity contribution >= 4 is 11.0 Å². The predicted molar refractivity (Wildman–Crippen MR) is 70.7 cm³/mol. The summed E-state index contributed by atoms with van der Waals surface area (Å²) in [6, 6.07) is 8.17. The molecule has 2 rings (SSSR count). The van der Waals surface area contributed by atoms with Crippen LogP contribution in [0.5, 0.6) is 0 Å². The van der Waals surface area contributed by atoms with Gasteiger partial charge in [0.25, 0.3) is 0 Å². The van der Waals surface area contributed by atoms with E-state index in [0.29, 0.717) is 6.54 Å². The summed E-state index contributed by atoms with van der Waals surface area (Å²) >= 11 is 0. The molecule has 1 aromatic heterocycles. The van der Waals surface area contributed by atoms with Crippen molar-refractivity contribution in [1.82, 2.24) is 14.5 Å². The smallest absolute Gasteiger partial charge is 0.100 e. The average molecular weight is 232 g/mol. The Morgan fingerprint density at radius 2 is 2.00 bits per heavy atom. The highest BCUT2D eigenvalue weighted by atomic mass is 15.3. The minimum absolute atomic E-state index is 0.192. The van der Waals surface area contributed by atoms with Gasteiger partial charge in [0.2, 0.25) is 0 Å². The van der Waals surface area contributed by atoms with Crippen LogP contribution in [0.25, 0.3) is 11.0 Å². The number of imidazole rings is 1. The second-order valence-corrected chi connectivity index (χ2v) is 4.08. The van der Waals surface area contributed by atoms with Gasteiger partial charge in [-0.1, -0.05) is 26.0 Å². The Bertz CT molecular complexity index is 473. The van der Waals surface area contributed by atoms with Crippen LogP contribution in [0.3, 0.4) is 0 Å². The van der Waals surface area contributed by atoms with E-state index in [2.05, 4.69) is 34.4 Å². The Morgan fingerprint density at radius 3 is 2.65 bits per heavy atom. The highest BCUT2D eigenvalue weighted by Crippen LogP contribution is 2.19. The lowest BCUT2D eigenvalue weighted by Gasteiger charge is -2.29. The highest BCUT2D eigenvalue weighted by Gasteiger charge is 2.17. The van der Waals surface area contributed by atoms with Crippen LogP contribution < -0.4 is 5.73 Å². The molecule has 0 aliphatic rings. The van der Waals surface area contributed by atoms with E-state index in [1.54, 1.807) is 0 Å². The molecular weight excluding hydrogens is 212 g/mol. The number of rotatable bonds is 5. The van der Waals surface area contributed by atoms with Gasteiger partial charge in [-0.25, -0.2) is 4.98 Å². The number of likely N-dealkylation sites (N-methyl/N-ethyl adjacent to an activating group) is 1. The van der Waals surface area contributed by atoms with Gasteiger partial charge in [-0.05, 0) is 25.2 Å². The summed E-state index contributed by atoms with van der Waals surface area (Å²) in [5.41, 5.74) is 8.09.